The maximum Gasteiger partial charge on any atom is 0.220 e. The molecular weight excluding hydrogens is 248 g/mol. The van der Waals surface area contributed by atoms with Crippen LogP contribution in [0.3, 0.4) is 0 Å². The van der Waals surface area contributed by atoms with E-state index in [9.17, 15) is 4.79 Å². The van der Waals surface area contributed by atoms with Gasteiger partial charge in [0.25, 0.3) is 0 Å². The van der Waals surface area contributed by atoms with Crippen molar-refractivity contribution >= 4 is 5.91 Å². The second-order valence-corrected chi connectivity index (χ2v) is 7.18. The van der Waals surface area contributed by atoms with Crippen LogP contribution in [0.4, 0.5) is 0 Å². The molecule has 0 radical (unpaired) electrons. The molecule has 3 nitrogen and oxygen atoms in total. The van der Waals surface area contributed by atoms with Crippen LogP contribution in [0.25, 0.3) is 0 Å². The van der Waals surface area contributed by atoms with Crippen molar-refractivity contribution in [3.63, 3.8) is 0 Å². The molecule has 1 amide bonds. The number of nitrogens with two attached hydrogens (primary N) is 1. The first-order chi connectivity index (χ1) is 9.48. The van der Waals surface area contributed by atoms with Crippen LogP contribution in [0.2, 0.25) is 0 Å². The summed E-state index contributed by atoms with van der Waals surface area (Å²) in [6.07, 6.45) is 10.2. The summed E-state index contributed by atoms with van der Waals surface area (Å²) in [5, 5.41) is 3.28. The Balaban J connectivity index is 2.35. The molecule has 0 aromatic heterocycles. The average Bonchev–Trinajstić information content (AvgIpc) is 2.43. The lowest BCUT2D eigenvalue weighted by molar-refractivity contribution is -0.122. The van der Waals surface area contributed by atoms with E-state index in [1.807, 2.05) is 0 Å². The van der Waals surface area contributed by atoms with Gasteiger partial charge in [-0.1, -0.05) is 40.0 Å². The number of rotatable bonds is 8. The summed E-state index contributed by atoms with van der Waals surface area (Å²) in [6, 6.07) is 0.389. The van der Waals surface area contributed by atoms with Crippen LogP contribution in [0.5, 0.6) is 0 Å². The van der Waals surface area contributed by atoms with Gasteiger partial charge in [-0.05, 0) is 50.0 Å². The summed E-state index contributed by atoms with van der Waals surface area (Å²) in [7, 11) is 0. The molecule has 0 aromatic rings. The number of hydrogen-bond acceptors (Lipinski definition) is 2. The third kappa shape index (κ3) is 6.25. The van der Waals surface area contributed by atoms with Crippen molar-refractivity contribution in [2.45, 2.75) is 84.6 Å². The van der Waals surface area contributed by atoms with Gasteiger partial charge in [-0.25, -0.2) is 0 Å². The van der Waals surface area contributed by atoms with E-state index in [0.717, 1.165) is 19.3 Å². The van der Waals surface area contributed by atoms with Crippen LogP contribution in [-0.4, -0.2) is 18.5 Å². The van der Waals surface area contributed by atoms with Crippen molar-refractivity contribution in [2.75, 3.05) is 6.54 Å². The van der Waals surface area contributed by atoms with Gasteiger partial charge in [0.05, 0.1) is 0 Å². The summed E-state index contributed by atoms with van der Waals surface area (Å²) >= 11 is 0. The number of amides is 1. The lowest BCUT2D eigenvalue weighted by Crippen LogP contribution is -2.41. The molecule has 1 rings (SSSR count). The Morgan fingerprint density at radius 3 is 2.45 bits per heavy atom. The average molecular weight is 282 g/mol. The number of nitrogens with one attached hydrogen (secondary N) is 1. The quantitative estimate of drug-likeness (QED) is 0.714. The molecule has 1 saturated carbocycles. The Morgan fingerprint density at radius 1 is 1.25 bits per heavy atom. The summed E-state index contributed by atoms with van der Waals surface area (Å²) in [6.45, 7) is 7.29. The zero-order chi connectivity index (χ0) is 15.0. The van der Waals surface area contributed by atoms with E-state index >= 15 is 0 Å². The van der Waals surface area contributed by atoms with Gasteiger partial charge in [0.15, 0.2) is 0 Å². The summed E-state index contributed by atoms with van der Waals surface area (Å²) in [4.78, 5) is 12.2. The normalized spacial score (nSPS) is 18.8. The number of carbonyl (C=O) groups excluding carboxylic acids is 1. The Morgan fingerprint density at radius 2 is 1.90 bits per heavy atom. The van der Waals surface area contributed by atoms with E-state index in [1.165, 1.54) is 32.1 Å². The SMILES string of the molecule is CCC(NC(=O)CCC(C)(C)CCN)C1CCCCC1. The largest absolute Gasteiger partial charge is 0.353 e. The molecule has 1 fully saturated rings. The number of hydrogen-bond donors (Lipinski definition) is 2. The van der Waals surface area contributed by atoms with Crippen LogP contribution in [0.1, 0.15) is 78.6 Å². The first-order valence-electron chi connectivity index (χ1n) is 8.48. The van der Waals surface area contributed by atoms with Gasteiger partial charge in [-0.15, -0.1) is 0 Å². The molecule has 3 N–H and O–H groups in total. The molecule has 118 valence electrons. The molecule has 1 unspecified atom stereocenters. The van der Waals surface area contributed by atoms with Crippen LogP contribution in [0, 0.1) is 11.3 Å². The van der Waals surface area contributed by atoms with Gasteiger partial charge >= 0.3 is 0 Å². The van der Waals surface area contributed by atoms with Crippen molar-refractivity contribution in [3.05, 3.63) is 0 Å². The smallest absolute Gasteiger partial charge is 0.220 e. The predicted octanol–water partition coefficient (Wildman–Crippen LogP) is 3.62. The zero-order valence-electron chi connectivity index (χ0n) is 13.7. The summed E-state index contributed by atoms with van der Waals surface area (Å²) in [5.41, 5.74) is 5.80. The van der Waals surface area contributed by atoms with Crippen molar-refractivity contribution < 1.29 is 4.79 Å². The van der Waals surface area contributed by atoms with Crippen molar-refractivity contribution in [3.8, 4) is 0 Å². The van der Waals surface area contributed by atoms with Crippen LogP contribution in [-0.2, 0) is 4.79 Å². The Kier molecular flexibility index (Phi) is 7.57. The fourth-order valence-corrected chi connectivity index (χ4v) is 3.34. The Hall–Kier alpha value is -0.570. The molecule has 20 heavy (non-hydrogen) atoms. The van der Waals surface area contributed by atoms with E-state index in [4.69, 9.17) is 5.73 Å². The lowest BCUT2D eigenvalue weighted by atomic mass is 9.82. The standard InChI is InChI=1S/C17H34N2O/c1-4-15(14-8-6-5-7-9-14)19-16(20)10-11-17(2,3)12-13-18/h14-15H,4-13,18H2,1-3H3,(H,19,20). The second kappa shape index (κ2) is 8.66. The zero-order valence-corrected chi connectivity index (χ0v) is 13.7. The third-order valence-electron chi connectivity index (χ3n) is 4.86. The first-order valence-corrected chi connectivity index (χ1v) is 8.48. The van der Waals surface area contributed by atoms with E-state index in [1.54, 1.807) is 0 Å². The van der Waals surface area contributed by atoms with E-state index < -0.39 is 0 Å². The van der Waals surface area contributed by atoms with E-state index in [-0.39, 0.29) is 11.3 Å². The van der Waals surface area contributed by atoms with Gasteiger partial charge in [0.2, 0.25) is 5.91 Å². The molecule has 0 aliphatic heterocycles. The lowest BCUT2D eigenvalue weighted by Gasteiger charge is -2.31. The molecule has 0 aromatic carbocycles. The maximum atomic E-state index is 12.2. The van der Waals surface area contributed by atoms with Crippen molar-refractivity contribution in [1.82, 2.24) is 5.32 Å². The van der Waals surface area contributed by atoms with E-state index in [0.29, 0.717) is 24.9 Å². The molecule has 0 heterocycles. The van der Waals surface area contributed by atoms with Gasteiger partial charge in [-0.2, -0.15) is 0 Å². The Labute approximate surface area is 125 Å². The van der Waals surface area contributed by atoms with Crippen LogP contribution in [0.15, 0.2) is 0 Å². The van der Waals surface area contributed by atoms with Crippen molar-refractivity contribution in [2.24, 2.45) is 17.1 Å². The van der Waals surface area contributed by atoms with E-state index in [2.05, 4.69) is 26.1 Å². The summed E-state index contributed by atoms with van der Waals surface area (Å²) in [5.74, 6) is 0.933. The topological polar surface area (TPSA) is 55.1 Å². The molecule has 3 heteroatoms. The molecule has 1 aliphatic carbocycles. The van der Waals surface area contributed by atoms with Gasteiger partial charge < -0.3 is 11.1 Å². The highest BCUT2D eigenvalue weighted by Crippen LogP contribution is 2.28. The van der Waals surface area contributed by atoms with Gasteiger partial charge in [-0.3, -0.25) is 4.79 Å². The molecule has 1 atom stereocenters. The molecule has 1 aliphatic rings. The third-order valence-corrected chi connectivity index (χ3v) is 4.86. The minimum atomic E-state index is 0.179. The highest BCUT2D eigenvalue weighted by molar-refractivity contribution is 5.76. The number of carbonyl (C=O) groups is 1. The maximum absolute atomic E-state index is 12.2. The van der Waals surface area contributed by atoms with Gasteiger partial charge in [0, 0.05) is 12.5 Å². The highest BCUT2D eigenvalue weighted by atomic mass is 16.1. The molecule has 0 bridgehead atoms. The van der Waals surface area contributed by atoms with Gasteiger partial charge in [0.1, 0.15) is 0 Å². The Bertz CT molecular complexity index is 283. The summed E-state index contributed by atoms with van der Waals surface area (Å²) < 4.78 is 0. The fraction of sp³-hybridized carbons (Fsp3) is 0.941. The minimum Gasteiger partial charge on any atom is -0.353 e. The van der Waals surface area contributed by atoms with Crippen molar-refractivity contribution in [1.29, 1.82) is 0 Å². The van der Waals surface area contributed by atoms with Crippen LogP contribution < -0.4 is 11.1 Å². The second-order valence-electron chi connectivity index (χ2n) is 7.18. The predicted molar refractivity (Wildman–Crippen MR) is 85.5 cm³/mol. The molecule has 0 spiro atoms. The van der Waals surface area contributed by atoms with Crippen LogP contribution >= 0.6 is 0 Å². The monoisotopic (exact) mass is 282 g/mol. The molecular formula is C17H34N2O. The highest BCUT2D eigenvalue weighted by Gasteiger charge is 2.24. The first kappa shape index (κ1) is 17.5. The fourth-order valence-electron chi connectivity index (χ4n) is 3.34. The molecule has 0 saturated heterocycles. The minimum absolute atomic E-state index is 0.179.